The average molecular weight is 509 g/mol. The first-order chi connectivity index (χ1) is 17.3. The lowest BCUT2D eigenvalue weighted by molar-refractivity contribution is -0.143. The maximum Gasteiger partial charge on any atom is 0.338 e. The van der Waals surface area contributed by atoms with E-state index in [1.807, 2.05) is 18.2 Å². The molecule has 0 N–H and O–H groups in total. The van der Waals surface area contributed by atoms with Crippen molar-refractivity contribution in [2.45, 2.75) is 32.9 Å². The van der Waals surface area contributed by atoms with Crippen molar-refractivity contribution >= 4 is 23.4 Å². The van der Waals surface area contributed by atoms with Crippen LogP contribution < -0.4 is 29.1 Å². The number of hydrogen-bond acceptors (Lipinski definition) is 8. The van der Waals surface area contributed by atoms with E-state index in [0.717, 1.165) is 11.1 Å². The summed E-state index contributed by atoms with van der Waals surface area (Å²) in [6.07, 6.45) is 1.46. The van der Waals surface area contributed by atoms with Crippen LogP contribution in [0.15, 0.2) is 63.5 Å². The SMILES string of the molecule is COc1ccc([C@H]2C(C(=O)OC(C)C)=C(C)N=c3s/c(=C/c4ccc(OC)c(OC)c4)c(=O)n32)cc1. The first-order valence-electron chi connectivity index (χ1n) is 11.4. The molecule has 0 fully saturated rings. The Bertz CT molecular complexity index is 1500. The summed E-state index contributed by atoms with van der Waals surface area (Å²) in [5.41, 5.74) is 2.12. The topological polar surface area (TPSA) is 88.4 Å². The van der Waals surface area contributed by atoms with Gasteiger partial charge in [-0.3, -0.25) is 9.36 Å². The number of carbonyl (C=O) groups excluding carboxylic acids is 1. The molecule has 0 radical (unpaired) electrons. The molecule has 36 heavy (non-hydrogen) atoms. The molecule has 1 aliphatic heterocycles. The van der Waals surface area contributed by atoms with Crippen LogP contribution in [0.25, 0.3) is 6.08 Å². The van der Waals surface area contributed by atoms with Gasteiger partial charge in [0, 0.05) is 0 Å². The Morgan fingerprint density at radius 2 is 1.72 bits per heavy atom. The molecule has 0 spiro atoms. The fourth-order valence-corrected chi connectivity index (χ4v) is 5.10. The van der Waals surface area contributed by atoms with Crippen molar-refractivity contribution in [3.05, 3.63) is 84.5 Å². The second kappa shape index (κ2) is 10.4. The summed E-state index contributed by atoms with van der Waals surface area (Å²) in [4.78, 5) is 32.0. The number of methoxy groups -OCH3 is 3. The third kappa shape index (κ3) is 4.79. The molecular formula is C27H28N2O6S. The van der Waals surface area contributed by atoms with E-state index in [-0.39, 0.29) is 11.7 Å². The van der Waals surface area contributed by atoms with Crippen molar-refractivity contribution in [1.29, 1.82) is 0 Å². The van der Waals surface area contributed by atoms with Crippen molar-refractivity contribution < 1.29 is 23.7 Å². The van der Waals surface area contributed by atoms with Crippen LogP contribution in [0.2, 0.25) is 0 Å². The van der Waals surface area contributed by atoms with E-state index in [1.165, 1.54) is 11.3 Å². The molecule has 8 nitrogen and oxygen atoms in total. The third-order valence-corrected chi connectivity index (χ3v) is 6.70. The standard InChI is InChI=1S/C27H28N2O6S/c1-15(2)35-26(31)23-16(3)28-27-29(24(23)18-8-10-19(32-4)11-9-18)25(30)22(36-27)14-17-7-12-20(33-5)21(13-17)34-6/h7-15,24H,1-6H3/b22-14+/t24-/m0/s1. The molecule has 2 aromatic carbocycles. The van der Waals surface area contributed by atoms with Crippen molar-refractivity contribution in [3.8, 4) is 17.2 Å². The molecule has 3 aromatic rings. The largest absolute Gasteiger partial charge is 0.497 e. The van der Waals surface area contributed by atoms with Gasteiger partial charge in [-0.2, -0.15) is 0 Å². The van der Waals surface area contributed by atoms with Crippen molar-refractivity contribution in [2.75, 3.05) is 21.3 Å². The number of carbonyl (C=O) groups is 1. The van der Waals surface area contributed by atoms with Crippen molar-refractivity contribution in [3.63, 3.8) is 0 Å². The van der Waals surface area contributed by atoms with Crippen LogP contribution in [0.5, 0.6) is 17.2 Å². The van der Waals surface area contributed by atoms with E-state index < -0.39 is 12.0 Å². The van der Waals surface area contributed by atoms with Gasteiger partial charge in [0.15, 0.2) is 16.3 Å². The number of benzene rings is 2. The van der Waals surface area contributed by atoms with E-state index in [9.17, 15) is 9.59 Å². The van der Waals surface area contributed by atoms with E-state index in [4.69, 9.17) is 18.9 Å². The van der Waals surface area contributed by atoms with Crippen LogP contribution >= 0.6 is 11.3 Å². The maximum atomic E-state index is 13.7. The lowest BCUT2D eigenvalue weighted by atomic mass is 9.96. The smallest absolute Gasteiger partial charge is 0.338 e. The first kappa shape index (κ1) is 25.2. The molecule has 0 bridgehead atoms. The Balaban J connectivity index is 1.91. The average Bonchev–Trinajstić information content (AvgIpc) is 3.16. The summed E-state index contributed by atoms with van der Waals surface area (Å²) >= 11 is 1.26. The zero-order valence-corrected chi connectivity index (χ0v) is 21.8. The minimum absolute atomic E-state index is 0.253. The Labute approximate surface area is 212 Å². The van der Waals surface area contributed by atoms with Gasteiger partial charge in [-0.05, 0) is 62.2 Å². The molecule has 188 valence electrons. The van der Waals surface area contributed by atoms with Crippen LogP contribution in [0.4, 0.5) is 0 Å². The van der Waals surface area contributed by atoms with Gasteiger partial charge in [0.2, 0.25) is 0 Å². The van der Waals surface area contributed by atoms with Gasteiger partial charge in [-0.15, -0.1) is 0 Å². The van der Waals surface area contributed by atoms with E-state index >= 15 is 0 Å². The highest BCUT2D eigenvalue weighted by Gasteiger charge is 2.33. The van der Waals surface area contributed by atoms with E-state index in [1.54, 1.807) is 77.0 Å². The quantitative estimate of drug-likeness (QED) is 0.456. The molecule has 1 aliphatic rings. The fraction of sp³-hybridized carbons (Fsp3) is 0.296. The molecule has 4 rings (SSSR count). The highest BCUT2D eigenvalue weighted by Crippen LogP contribution is 2.32. The maximum absolute atomic E-state index is 13.7. The monoisotopic (exact) mass is 508 g/mol. The zero-order chi connectivity index (χ0) is 26.0. The molecule has 9 heteroatoms. The number of ether oxygens (including phenoxy) is 4. The summed E-state index contributed by atoms with van der Waals surface area (Å²) in [6, 6.07) is 12.0. The minimum Gasteiger partial charge on any atom is -0.497 e. The van der Waals surface area contributed by atoms with Crippen LogP contribution in [0.3, 0.4) is 0 Å². The molecular weight excluding hydrogens is 480 g/mol. The summed E-state index contributed by atoms with van der Waals surface area (Å²) < 4.78 is 23.6. The van der Waals surface area contributed by atoms with E-state index in [2.05, 4.69) is 4.99 Å². The Hall–Kier alpha value is -3.85. The Kier molecular flexibility index (Phi) is 7.30. The van der Waals surface area contributed by atoms with E-state index in [0.29, 0.717) is 37.9 Å². The predicted molar refractivity (Wildman–Crippen MR) is 138 cm³/mol. The molecule has 1 aromatic heterocycles. The highest BCUT2D eigenvalue weighted by atomic mass is 32.1. The summed E-state index contributed by atoms with van der Waals surface area (Å²) in [6.45, 7) is 5.34. The minimum atomic E-state index is -0.689. The molecule has 0 saturated carbocycles. The second-order valence-corrected chi connectivity index (χ2v) is 9.43. The van der Waals surface area contributed by atoms with Gasteiger partial charge >= 0.3 is 5.97 Å². The first-order valence-corrected chi connectivity index (χ1v) is 12.2. The summed E-state index contributed by atoms with van der Waals surface area (Å²) in [7, 11) is 4.71. The fourth-order valence-electron chi connectivity index (χ4n) is 4.06. The predicted octanol–water partition coefficient (Wildman–Crippen LogP) is 3.21. The Morgan fingerprint density at radius 3 is 2.33 bits per heavy atom. The number of thiazole rings is 1. The molecule has 0 saturated heterocycles. The van der Waals surface area contributed by atoms with Crippen molar-refractivity contribution in [2.24, 2.45) is 4.99 Å². The van der Waals surface area contributed by atoms with Gasteiger partial charge in [0.05, 0.1) is 49.3 Å². The summed E-state index contributed by atoms with van der Waals surface area (Å²) in [5, 5.41) is 0. The zero-order valence-electron chi connectivity index (χ0n) is 21.0. The number of aromatic nitrogens is 1. The lowest BCUT2D eigenvalue weighted by Gasteiger charge is -2.25. The van der Waals surface area contributed by atoms with Crippen molar-refractivity contribution in [1.82, 2.24) is 4.57 Å². The second-order valence-electron chi connectivity index (χ2n) is 8.42. The number of fused-ring (bicyclic) bond motifs is 1. The third-order valence-electron chi connectivity index (χ3n) is 5.72. The lowest BCUT2D eigenvalue weighted by Crippen LogP contribution is -2.40. The Morgan fingerprint density at radius 1 is 1.03 bits per heavy atom. The molecule has 1 atom stereocenters. The van der Waals surface area contributed by atoms with Crippen LogP contribution in [0.1, 0.15) is 37.9 Å². The van der Waals surface area contributed by atoms with Gasteiger partial charge in [-0.1, -0.05) is 29.5 Å². The molecule has 0 aliphatic carbocycles. The number of rotatable bonds is 7. The van der Waals surface area contributed by atoms with Crippen LogP contribution in [-0.2, 0) is 9.53 Å². The number of allylic oxidation sites excluding steroid dienone is 1. The molecule has 0 amide bonds. The van der Waals surface area contributed by atoms with Crippen LogP contribution in [-0.4, -0.2) is 38.0 Å². The van der Waals surface area contributed by atoms with Gasteiger partial charge in [-0.25, -0.2) is 9.79 Å². The number of nitrogens with zero attached hydrogens (tertiary/aromatic N) is 2. The van der Waals surface area contributed by atoms with Gasteiger partial charge < -0.3 is 18.9 Å². The number of hydrogen-bond donors (Lipinski definition) is 0. The summed E-state index contributed by atoms with van der Waals surface area (Å²) in [5.74, 6) is 1.33. The van der Waals surface area contributed by atoms with Gasteiger partial charge in [0.25, 0.3) is 5.56 Å². The highest BCUT2D eigenvalue weighted by molar-refractivity contribution is 7.07. The molecule has 2 heterocycles. The van der Waals surface area contributed by atoms with Crippen LogP contribution in [0, 0.1) is 0 Å². The van der Waals surface area contributed by atoms with Gasteiger partial charge in [0.1, 0.15) is 5.75 Å². The molecule has 0 unspecified atom stereocenters. The number of esters is 1. The normalized spacial score (nSPS) is 15.4.